The van der Waals surface area contributed by atoms with Gasteiger partial charge in [0, 0.05) is 7.11 Å². The van der Waals surface area contributed by atoms with E-state index >= 15 is 0 Å². The van der Waals surface area contributed by atoms with Gasteiger partial charge < -0.3 is 9.47 Å². The molecule has 2 nitrogen and oxygen atoms in total. The Balaban J connectivity index is 1.56. The summed E-state index contributed by atoms with van der Waals surface area (Å²) in [6.45, 7) is 5.16. The van der Waals surface area contributed by atoms with Crippen molar-refractivity contribution >= 4 is 10.8 Å². The lowest BCUT2D eigenvalue weighted by Crippen LogP contribution is -2.13. The molecular weight excluding hydrogens is 308 g/mol. The Hall–Kier alpha value is -1.64. The summed E-state index contributed by atoms with van der Waals surface area (Å²) in [5.41, 5.74) is 1.46. The Morgan fingerprint density at radius 2 is 1.68 bits per heavy atom. The van der Waals surface area contributed by atoms with E-state index in [0.717, 1.165) is 6.42 Å². The van der Waals surface area contributed by atoms with Gasteiger partial charge in [0.25, 0.3) is 0 Å². The van der Waals surface area contributed by atoms with Crippen LogP contribution >= 0.6 is 0 Å². The first-order valence-corrected chi connectivity index (χ1v) is 9.54. The molecule has 0 aliphatic carbocycles. The fourth-order valence-corrected chi connectivity index (χ4v) is 3.15. The number of fused-ring (bicyclic) bond motifs is 1. The van der Waals surface area contributed by atoms with Crippen LogP contribution < -0.4 is 0 Å². The summed E-state index contributed by atoms with van der Waals surface area (Å²) in [5.74, 6) is 0. The minimum Gasteiger partial charge on any atom is -0.382 e. The molecule has 0 heterocycles. The lowest BCUT2D eigenvalue weighted by atomic mass is 10.0. The van der Waals surface area contributed by atoms with Crippen molar-refractivity contribution in [2.45, 2.75) is 51.0 Å². The van der Waals surface area contributed by atoms with E-state index in [-0.39, 0.29) is 6.10 Å². The van der Waals surface area contributed by atoms with Gasteiger partial charge in [-0.3, -0.25) is 0 Å². The van der Waals surface area contributed by atoms with Crippen molar-refractivity contribution in [1.29, 1.82) is 0 Å². The zero-order valence-corrected chi connectivity index (χ0v) is 15.6. The van der Waals surface area contributed by atoms with E-state index in [1.807, 2.05) is 6.08 Å². The smallest absolute Gasteiger partial charge is 0.0754 e. The molecule has 0 fully saturated rings. The first-order valence-electron chi connectivity index (χ1n) is 9.54. The molecule has 0 spiro atoms. The molecule has 1 unspecified atom stereocenters. The largest absolute Gasteiger partial charge is 0.382 e. The van der Waals surface area contributed by atoms with E-state index in [9.17, 15) is 0 Å². The summed E-state index contributed by atoms with van der Waals surface area (Å²) in [6, 6.07) is 15.4. The van der Waals surface area contributed by atoms with Crippen molar-refractivity contribution in [3.8, 4) is 0 Å². The second kappa shape index (κ2) is 11.8. The molecule has 0 bridgehead atoms. The minimum absolute atomic E-state index is 0.174. The standard InChI is InChI=1S/C23H32O2/c1-3-23(25-18-17-24-2)14-8-6-4-5-7-11-20-15-16-21-12-9-10-13-22(21)19-20/h3,9-10,12-13,15-16,19,23H,1,4-8,11,14,17-18H2,2H3. The monoisotopic (exact) mass is 340 g/mol. The molecule has 0 amide bonds. The van der Waals surface area contributed by atoms with Crippen molar-refractivity contribution in [3.05, 3.63) is 60.7 Å². The Kier molecular flexibility index (Phi) is 9.32. The van der Waals surface area contributed by atoms with Gasteiger partial charge in [-0.25, -0.2) is 0 Å². The SMILES string of the molecule is C=CC(CCCCCCCc1ccc2ccccc2c1)OCCOC. The molecule has 0 aliphatic rings. The molecule has 0 aromatic heterocycles. The van der Waals surface area contributed by atoms with Crippen molar-refractivity contribution in [1.82, 2.24) is 0 Å². The highest BCUT2D eigenvalue weighted by Gasteiger charge is 2.04. The number of benzene rings is 2. The summed E-state index contributed by atoms with van der Waals surface area (Å²) in [6.07, 6.45) is 10.7. The van der Waals surface area contributed by atoms with Crippen molar-refractivity contribution in [2.75, 3.05) is 20.3 Å². The predicted octanol–water partition coefficient (Wildman–Crippen LogP) is 5.94. The van der Waals surface area contributed by atoms with Crippen LogP contribution in [0.2, 0.25) is 0 Å². The fraction of sp³-hybridized carbons (Fsp3) is 0.478. The van der Waals surface area contributed by atoms with Gasteiger partial charge in [-0.2, -0.15) is 0 Å². The zero-order valence-electron chi connectivity index (χ0n) is 15.6. The van der Waals surface area contributed by atoms with Gasteiger partial charge in [0.15, 0.2) is 0 Å². The van der Waals surface area contributed by atoms with Gasteiger partial charge in [-0.1, -0.05) is 74.2 Å². The maximum Gasteiger partial charge on any atom is 0.0754 e. The first kappa shape index (κ1) is 19.7. The molecule has 2 aromatic rings. The minimum atomic E-state index is 0.174. The van der Waals surface area contributed by atoms with Gasteiger partial charge >= 0.3 is 0 Å². The number of rotatable bonds is 13. The highest BCUT2D eigenvalue weighted by molar-refractivity contribution is 5.82. The second-order valence-electron chi connectivity index (χ2n) is 6.63. The molecule has 2 aromatic carbocycles. The highest BCUT2D eigenvalue weighted by Crippen LogP contribution is 2.18. The van der Waals surface area contributed by atoms with Crippen LogP contribution in [0.4, 0.5) is 0 Å². The van der Waals surface area contributed by atoms with Crippen LogP contribution in [0.25, 0.3) is 10.8 Å². The fourth-order valence-electron chi connectivity index (χ4n) is 3.15. The molecule has 1 atom stereocenters. The lowest BCUT2D eigenvalue weighted by molar-refractivity contribution is 0.0351. The number of aryl methyl sites for hydroxylation is 1. The normalized spacial score (nSPS) is 12.4. The second-order valence-corrected chi connectivity index (χ2v) is 6.63. The molecular formula is C23H32O2. The van der Waals surface area contributed by atoms with Gasteiger partial charge in [0.1, 0.15) is 0 Å². The van der Waals surface area contributed by atoms with E-state index in [1.165, 1.54) is 54.9 Å². The summed E-state index contributed by atoms with van der Waals surface area (Å²) < 4.78 is 10.7. The highest BCUT2D eigenvalue weighted by atomic mass is 16.5. The molecule has 0 saturated carbocycles. The van der Waals surface area contributed by atoms with Crippen LogP contribution in [0.5, 0.6) is 0 Å². The lowest BCUT2D eigenvalue weighted by Gasteiger charge is -2.13. The van der Waals surface area contributed by atoms with Gasteiger partial charge in [-0.15, -0.1) is 6.58 Å². The third-order valence-electron chi connectivity index (χ3n) is 4.65. The van der Waals surface area contributed by atoms with E-state index in [1.54, 1.807) is 7.11 Å². The van der Waals surface area contributed by atoms with Crippen LogP contribution in [0.1, 0.15) is 44.1 Å². The molecule has 25 heavy (non-hydrogen) atoms. The molecule has 136 valence electrons. The number of hydrogen-bond acceptors (Lipinski definition) is 2. The third kappa shape index (κ3) is 7.41. The molecule has 0 radical (unpaired) electrons. The van der Waals surface area contributed by atoms with Crippen LogP contribution in [-0.2, 0) is 15.9 Å². The quantitative estimate of drug-likeness (QED) is 0.332. The molecule has 0 saturated heterocycles. The molecule has 2 heteroatoms. The van der Waals surface area contributed by atoms with Gasteiger partial charge in [-0.05, 0) is 35.6 Å². The average Bonchev–Trinajstić information content (AvgIpc) is 2.65. The Labute approximate surface area is 152 Å². The summed E-state index contributed by atoms with van der Waals surface area (Å²) >= 11 is 0. The van der Waals surface area contributed by atoms with E-state index in [0.29, 0.717) is 13.2 Å². The summed E-state index contributed by atoms with van der Waals surface area (Å²) in [4.78, 5) is 0. The Morgan fingerprint density at radius 1 is 0.920 bits per heavy atom. The molecule has 0 aliphatic heterocycles. The summed E-state index contributed by atoms with van der Waals surface area (Å²) in [7, 11) is 1.70. The number of ether oxygens (including phenoxy) is 2. The predicted molar refractivity (Wildman–Crippen MR) is 107 cm³/mol. The molecule has 0 N–H and O–H groups in total. The van der Waals surface area contributed by atoms with Crippen LogP contribution in [0, 0.1) is 0 Å². The number of unbranched alkanes of at least 4 members (excludes halogenated alkanes) is 4. The van der Waals surface area contributed by atoms with Crippen LogP contribution in [0.15, 0.2) is 55.1 Å². The zero-order chi connectivity index (χ0) is 17.7. The van der Waals surface area contributed by atoms with E-state index in [2.05, 4.69) is 49.0 Å². The van der Waals surface area contributed by atoms with Gasteiger partial charge in [0.05, 0.1) is 19.3 Å². The number of methoxy groups -OCH3 is 1. The maximum atomic E-state index is 5.71. The number of hydrogen-bond donors (Lipinski definition) is 0. The average molecular weight is 341 g/mol. The van der Waals surface area contributed by atoms with Crippen LogP contribution in [0.3, 0.4) is 0 Å². The summed E-state index contributed by atoms with van der Waals surface area (Å²) in [5, 5.41) is 2.68. The Morgan fingerprint density at radius 3 is 2.48 bits per heavy atom. The van der Waals surface area contributed by atoms with E-state index < -0.39 is 0 Å². The van der Waals surface area contributed by atoms with Crippen molar-refractivity contribution in [3.63, 3.8) is 0 Å². The Bertz CT molecular complexity index is 620. The first-order chi connectivity index (χ1) is 12.3. The van der Waals surface area contributed by atoms with Crippen molar-refractivity contribution in [2.24, 2.45) is 0 Å². The van der Waals surface area contributed by atoms with E-state index in [4.69, 9.17) is 9.47 Å². The molecule has 2 rings (SSSR count). The van der Waals surface area contributed by atoms with Crippen LogP contribution in [-0.4, -0.2) is 26.4 Å². The third-order valence-corrected chi connectivity index (χ3v) is 4.65. The maximum absolute atomic E-state index is 5.71. The van der Waals surface area contributed by atoms with Gasteiger partial charge in [0.2, 0.25) is 0 Å². The van der Waals surface area contributed by atoms with Crippen molar-refractivity contribution < 1.29 is 9.47 Å². The topological polar surface area (TPSA) is 18.5 Å².